The molecule has 0 radical (unpaired) electrons. The third kappa shape index (κ3) is 59.7. The van der Waals surface area contributed by atoms with Gasteiger partial charge in [-0.05, 0) is 32.1 Å². The van der Waals surface area contributed by atoms with Crippen molar-refractivity contribution < 1.29 is 24.5 Å². The Hall–Kier alpha value is -1.40. The van der Waals surface area contributed by atoms with Crippen molar-refractivity contribution >= 4 is 11.9 Å². The molecule has 2 atom stereocenters. The maximum Gasteiger partial charge on any atom is 0.305 e. The number of nitrogens with one attached hydrogen (secondary N) is 1. The van der Waals surface area contributed by atoms with Gasteiger partial charge in [0.2, 0.25) is 5.91 Å². The molecular weight excluding hydrogens is 899 g/mol. The summed E-state index contributed by atoms with van der Waals surface area (Å²) in [6, 6.07) is -0.635. The summed E-state index contributed by atoms with van der Waals surface area (Å²) in [5, 5.41) is 23.2. The number of esters is 1. The Labute approximate surface area is 457 Å². The van der Waals surface area contributed by atoms with Crippen molar-refractivity contribution in [1.82, 2.24) is 5.32 Å². The molecule has 3 N–H and O–H groups in total. The SMILES string of the molecule is CCCCCCCCCCCCCCCCCCCCCCCC/C=C/C(O)C(CO)NC(=O)CCCCCCCCCCCCCCCCCOC(=O)CCCCCCCCCCCCCCCCCCC. The summed E-state index contributed by atoms with van der Waals surface area (Å²) in [5.41, 5.74) is 0. The molecule has 0 rings (SSSR count). The minimum absolute atomic E-state index is 0.00484. The van der Waals surface area contributed by atoms with Crippen LogP contribution >= 0.6 is 0 Å². The highest BCUT2D eigenvalue weighted by Crippen LogP contribution is 2.19. The van der Waals surface area contributed by atoms with Gasteiger partial charge in [-0.25, -0.2) is 0 Å². The summed E-state index contributed by atoms with van der Waals surface area (Å²) in [6.45, 7) is 4.93. The van der Waals surface area contributed by atoms with E-state index in [0.717, 1.165) is 44.9 Å². The molecule has 0 saturated carbocycles. The van der Waals surface area contributed by atoms with Gasteiger partial charge in [-0.2, -0.15) is 0 Å². The van der Waals surface area contributed by atoms with Gasteiger partial charge in [0.1, 0.15) is 0 Å². The van der Waals surface area contributed by atoms with Crippen LogP contribution in [0.1, 0.15) is 380 Å². The molecular formula is C67H131NO5. The lowest BCUT2D eigenvalue weighted by Gasteiger charge is -2.20. The number of rotatable bonds is 63. The highest BCUT2D eigenvalue weighted by molar-refractivity contribution is 5.76. The lowest BCUT2D eigenvalue weighted by atomic mass is 10.0. The number of carbonyl (C=O) groups is 2. The summed E-state index contributed by atoms with van der Waals surface area (Å²) in [6.07, 6.45) is 76.9. The number of hydrogen-bond donors (Lipinski definition) is 3. The van der Waals surface area contributed by atoms with Gasteiger partial charge in [-0.15, -0.1) is 0 Å². The van der Waals surface area contributed by atoms with Crippen LogP contribution in [0.4, 0.5) is 0 Å². The second-order valence-electron chi connectivity index (χ2n) is 23.2. The number of allylic oxidation sites excluding steroid dienone is 1. The summed E-state index contributed by atoms with van der Waals surface area (Å²) in [7, 11) is 0. The van der Waals surface area contributed by atoms with E-state index in [4.69, 9.17) is 4.74 Å². The van der Waals surface area contributed by atoms with E-state index in [1.165, 1.54) is 308 Å². The Kier molecular flexibility index (Phi) is 61.9. The quantitative estimate of drug-likeness (QED) is 0.0320. The van der Waals surface area contributed by atoms with Crippen molar-refractivity contribution in [3.8, 4) is 0 Å². The highest BCUT2D eigenvalue weighted by atomic mass is 16.5. The number of aliphatic hydroxyl groups is 2. The van der Waals surface area contributed by atoms with Gasteiger partial charge in [0.05, 0.1) is 25.4 Å². The predicted octanol–water partition coefficient (Wildman–Crippen LogP) is 21.2. The standard InChI is InChI=1S/C67H131NO5/c1-3-5-7-9-11-13-15-17-19-21-22-23-24-25-26-27-29-31-35-39-43-47-51-55-59-65(70)64(63-69)68-66(71)60-56-52-48-44-40-36-32-30-34-38-42-46-50-54-58-62-73-67(72)61-57-53-49-45-41-37-33-28-20-18-16-14-12-10-8-6-4-2/h55,59,64-65,69-70H,3-54,56-58,60-63H2,1-2H3,(H,68,71)/b59-55+. The fourth-order valence-corrected chi connectivity index (χ4v) is 10.7. The van der Waals surface area contributed by atoms with Crippen molar-refractivity contribution in [2.75, 3.05) is 13.2 Å². The Balaban J connectivity index is 3.43. The van der Waals surface area contributed by atoms with E-state index in [2.05, 4.69) is 19.2 Å². The van der Waals surface area contributed by atoms with Crippen LogP contribution in [0.25, 0.3) is 0 Å². The number of hydrogen-bond acceptors (Lipinski definition) is 5. The summed E-state index contributed by atoms with van der Waals surface area (Å²) < 4.78 is 5.50. The first-order valence-electron chi connectivity index (χ1n) is 33.5. The van der Waals surface area contributed by atoms with Crippen molar-refractivity contribution in [3.63, 3.8) is 0 Å². The Morgan fingerprint density at radius 3 is 0.932 bits per heavy atom. The number of aliphatic hydroxyl groups excluding tert-OH is 2. The largest absolute Gasteiger partial charge is 0.466 e. The first-order chi connectivity index (χ1) is 36.0. The van der Waals surface area contributed by atoms with Crippen LogP contribution in [-0.2, 0) is 14.3 Å². The minimum atomic E-state index is -0.851. The highest BCUT2D eigenvalue weighted by Gasteiger charge is 2.18. The summed E-state index contributed by atoms with van der Waals surface area (Å²) >= 11 is 0. The molecule has 2 unspecified atom stereocenters. The van der Waals surface area contributed by atoms with Crippen LogP contribution < -0.4 is 5.32 Å². The van der Waals surface area contributed by atoms with Gasteiger partial charge in [0.15, 0.2) is 0 Å². The number of ether oxygens (including phenoxy) is 1. The predicted molar refractivity (Wildman–Crippen MR) is 320 cm³/mol. The maximum absolute atomic E-state index is 12.5. The zero-order chi connectivity index (χ0) is 52.9. The van der Waals surface area contributed by atoms with Gasteiger partial charge >= 0.3 is 5.97 Å². The molecule has 0 aromatic heterocycles. The smallest absolute Gasteiger partial charge is 0.305 e. The van der Waals surface area contributed by atoms with E-state index in [1.54, 1.807) is 6.08 Å². The molecule has 0 aliphatic heterocycles. The molecule has 0 aliphatic carbocycles. The second kappa shape index (κ2) is 63.1. The van der Waals surface area contributed by atoms with Crippen molar-refractivity contribution in [3.05, 3.63) is 12.2 Å². The van der Waals surface area contributed by atoms with Gasteiger partial charge in [0.25, 0.3) is 0 Å². The molecule has 0 aromatic rings. The summed E-state index contributed by atoms with van der Waals surface area (Å²) in [5.74, 6) is -0.0667. The van der Waals surface area contributed by atoms with E-state index >= 15 is 0 Å². The lowest BCUT2D eigenvalue weighted by molar-refractivity contribution is -0.143. The average molecular weight is 1030 g/mol. The van der Waals surface area contributed by atoms with Crippen LogP contribution in [0.15, 0.2) is 12.2 Å². The molecule has 6 nitrogen and oxygen atoms in total. The Morgan fingerprint density at radius 2 is 0.630 bits per heavy atom. The molecule has 1 amide bonds. The normalized spacial score (nSPS) is 12.5. The van der Waals surface area contributed by atoms with Crippen LogP contribution in [0.2, 0.25) is 0 Å². The van der Waals surface area contributed by atoms with E-state index in [9.17, 15) is 19.8 Å². The van der Waals surface area contributed by atoms with Gasteiger partial charge < -0.3 is 20.3 Å². The topological polar surface area (TPSA) is 95.9 Å². The molecule has 6 heteroatoms. The Bertz CT molecular complexity index is 1100. The van der Waals surface area contributed by atoms with Crippen molar-refractivity contribution in [1.29, 1.82) is 0 Å². The van der Waals surface area contributed by atoms with Gasteiger partial charge in [-0.3, -0.25) is 9.59 Å². The first kappa shape index (κ1) is 71.6. The molecule has 434 valence electrons. The molecule has 0 fully saturated rings. The third-order valence-electron chi connectivity index (χ3n) is 15.8. The number of amides is 1. The molecule has 0 aliphatic rings. The molecule has 0 heterocycles. The number of carbonyl (C=O) groups excluding carboxylic acids is 2. The Morgan fingerprint density at radius 1 is 0.370 bits per heavy atom. The van der Waals surface area contributed by atoms with Crippen LogP contribution in [0.3, 0.4) is 0 Å². The van der Waals surface area contributed by atoms with Crippen LogP contribution in [-0.4, -0.2) is 47.4 Å². The zero-order valence-electron chi connectivity index (χ0n) is 49.6. The minimum Gasteiger partial charge on any atom is -0.466 e. The van der Waals surface area contributed by atoms with E-state index in [-0.39, 0.29) is 18.5 Å². The van der Waals surface area contributed by atoms with Crippen LogP contribution in [0, 0.1) is 0 Å². The fraction of sp³-hybridized carbons (Fsp3) is 0.940. The zero-order valence-corrected chi connectivity index (χ0v) is 49.6. The molecule has 0 bridgehead atoms. The molecule has 0 saturated heterocycles. The van der Waals surface area contributed by atoms with Gasteiger partial charge in [-0.1, -0.05) is 347 Å². The molecule has 0 aromatic carbocycles. The third-order valence-corrected chi connectivity index (χ3v) is 15.8. The van der Waals surface area contributed by atoms with Crippen LogP contribution in [0.5, 0.6) is 0 Å². The number of unbranched alkanes of at least 4 members (excludes halogenated alkanes) is 52. The van der Waals surface area contributed by atoms with Crippen molar-refractivity contribution in [2.45, 2.75) is 392 Å². The first-order valence-corrected chi connectivity index (χ1v) is 33.5. The fourth-order valence-electron chi connectivity index (χ4n) is 10.7. The maximum atomic E-state index is 12.5. The van der Waals surface area contributed by atoms with Gasteiger partial charge in [0, 0.05) is 12.8 Å². The summed E-state index contributed by atoms with van der Waals surface area (Å²) in [4.78, 5) is 24.6. The molecule has 0 spiro atoms. The van der Waals surface area contributed by atoms with E-state index in [1.807, 2.05) is 6.08 Å². The van der Waals surface area contributed by atoms with Crippen molar-refractivity contribution in [2.24, 2.45) is 0 Å². The average Bonchev–Trinajstić information content (AvgIpc) is 3.39. The second-order valence-corrected chi connectivity index (χ2v) is 23.2. The van der Waals surface area contributed by atoms with E-state index in [0.29, 0.717) is 19.4 Å². The molecule has 73 heavy (non-hydrogen) atoms. The monoisotopic (exact) mass is 1030 g/mol. The lowest BCUT2D eigenvalue weighted by Crippen LogP contribution is -2.45. The van der Waals surface area contributed by atoms with E-state index < -0.39 is 12.1 Å².